The van der Waals surface area contributed by atoms with E-state index in [0.717, 1.165) is 40.8 Å². The minimum atomic E-state index is 0.179. The first-order chi connectivity index (χ1) is 10.1. The molecule has 0 fully saturated rings. The lowest BCUT2D eigenvalue weighted by Crippen LogP contribution is -2.02. The van der Waals surface area contributed by atoms with Crippen molar-refractivity contribution in [3.05, 3.63) is 63.1 Å². The molecule has 0 radical (unpaired) electrons. The molecule has 108 valence electrons. The van der Waals surface area contributed by atoms with Crippen molar-refractivity contribution in [3.63, 3.8) is 0 Å². The van der Waals surface area contributed by atoms with Crippen molar-refractivity contribution in [1.82, 2.24) is 0 Å². The van der Waals surface area contributed by atoms with Crippen LogP contribution in [0.3, 0.4) is 0 Å². The summed E-state index contributed by atoms with van der Waals surface area (Å²) in [6, 6.07) is 12.1. The van der Waals surface area contributed by atoms with Gasteiger partial charge in [0.2, 0.25) is 0 Å². The number of ether oxygens (including phenoxy) is 1. The smallest absolute Gasteiger partial charge is 0.164 e. The molecule has 2 aromatic carbocycles. The molecule has 1 aliphatic rings. The summed E-state index contributed by atoms with van der Waals surface area (Å²) in [6.07, 6.45) is 2.27. The van der Waals surface area contributed by atoms with Crippen LogP contribution in [0.1, 0.15) is 33.5 Å². The van der Waals surface area contributed by atoms with Crippen molar-refractivity contribution >= 4 is 21.7 Å². The van der Waals surface area contributed by atoms with Gasteiger partial charge in [0.15, 0.2) is 5.78 Å². The Morgan fingerprint density at radius 3 is 2.90 bits per heavy atom. The predicted octanol–water partition coefficient (Wildman–Crippen LogP) is 4.51. The van der Waals surface area contributed by atoms with Gasteiger partial charge in [0.25, 0.3) is 0 Å². The number of halogens is 1. The predicted molar refractivity (Wildman–Crippen MR) is 87.2 cm³/mol. The molecule has 0 saturated heterocycles. The maximum Gasteiger partial charge on any atom is 0.164 e. The van der Waals surface area contributed by atoms with E-state index in [1.807, 2.05) is 31.2 Å². The van der Waals surface area contributed by atoms with Crippen molar-refractivity contribution in [2.45, 2.75) is 26.2 Å². The first-order valence-corrected chi connectivity index (χ1v) is 7.97. The van der Waals surface area contributed by atoms with E-state index in [0.29, 0.717) is 6.42 Å². The molecule has 0 aliphatic carbocycles. The number of rotatable bonds is 4. The Balaban J connectivity index is 1.68. The molecule has 0 saturated carbocycles. The van der Waals surface area contributed by atoms with Gasteiger partial charge in [-0.3, -0.25) is 4.79 Å². The fraction of sp³-hybridized carbons (Fsp3) is 0.278. The number of Topliss-reactive ketones (excluding diaryl/α,β-unsaturated/α-hetero) is 1. The van der Waals surface area contributed by atoms with E-state index in [9.17, 15) is 4.79 Å². The van der Waals surface area contributed by atoms with Gasteiger partial charge in [-0.2, -0.15) is 0 Å². The molecule has 2 nitrogen and oxygen atoms in total. The van der Waals surface area contributed by atoms with Crippen LogP contribution in [-0.2, 0) is 12.8 Å². The van der Waals surface area contributed by atoms with Crippen LogP contribution in [-0.4, -0.2) is 12.4 Å². The Kier molecular flexibility index (Phi) is 4.11. The Labute approximate surface area is 133 Å². The fourth-order valence-corrected chi connectivity index (χ4v) is 3.35. The van der Waals surface area contributed by atoms with Gasteiger partial charge in [-0.1, -0.05) is 40.2 Å². The number of carbonyl (C=O) groups excluding carboxylic acids is 1. The molecule has 21 heavy (non-hydrogen) atoms. The van der Waals surface area contributed by atoms with Crippen LogP contribution < -0.4 is 4.74 Å². The standard InChI is InChI=1S/C18H17BrO2/c1-12-2-5-15(16(19)10-12)17(20)6-3-13-4-7-18-14(11-13)8-9-21-18/h2,4-5,7,10-11H,3,6,8-9H2,1H3. The van der Waals surface area contributed by atoms with Gasteiger partial charge < -0.3 is 4.74 Å². The average Bonchev–Trinajstić information content (AvgIpc) is 2.92. The van der Waals surface area contributed by atoms with Gasteiger partial charge in [0.05, 0.1) is 6.61 Å². The fourth-order valence-electron chi connectivity index (χ4n) is 2.63. The van der Waals surface area contributed by atoms with Gasteiger partial charge >= 0.3 is 0 Å². The summed E-state index contributed by atoms with van der Waals surface area (Å²) < 4.78 is 6.39. The third kappa shape index (κ3) is 3.18. The molecule has 0 N–H and O–H groups in total. The van der Waals surface area contributed by atoms with Crippen molar-refractivity contribution in [2.24, 2.45) is 0 Å². The van der Waals surface area contributed by atoms with Crippen molar-refractivity contribution in [1.29, 1.82) is 0 Å². The second-order valence-corrected chi connectivity index (χ2v) is 6.30. The quantitative estimate of drug-likeness (QED) is 0.763. The highest BCUT2D eigenvalue weighted by Crippen LogP contribution is 2.27. The molecular formula is C18H17BrO2. The lowest BCUT2D eigenvalue weighted by Gasteiger charge is -2.06. The van der Waals surface area contributed by atoms with Crippen molar-refractivity contribution in [2.75, 3.05) is 6.61 Å². The topological polar surface area (TPSA) is 26.3 Å². The zero-order chi connectivity index (χ0) is 14.8. The van der Waals surface area contributed by atoms with Crippen molar-refractivity contribution < 1.29 is 9.53 Å². The zero-order valence-corrected chi connectivity index (χ0v) is 13.6. The summed E-state index contributed by atoms with van der Waals surface area (Å²) in [7, 11) is 0. The third-order valence-electron chi connectivity index (χ3n) is 3.82. The second kappa shape index (κ2) is 6.02. The zero-order valence-electron chi connectivity index (χ0n) is 12.0. The molecule has 0 unspecified atom stereocenters. The van der Waals surface area contributed by atoms with E-state index < -0.39 is 0 Å². The number of fused-ring (bicyclic) bond motifs is 1. The van der Waals surface area contributed by atoms with Crippen LogP contribution >= 0.6 is 15.9 Å². The van der Waals surface area contributed by atoms with E-state index in [-0.39, 0.29) is 5.78 Å². The SMILES string of the molecule is Cc1ccc(C(=O)CCc2ccc3c(c2)CCO3)c(Br)c1. The molecule has 2 aromatic rings. The highest BCUT2D eigenvalue weighted by Gasteiger charge is 2.14. The Morgan fingerprint density at radius 2 is 2.10 bits per heavy atom. The summed E-state index contributed by atoms with van der Waals surface area (Å²) >= 11 is 3.48. The lowest BCUT2D eigenvalue weighted by atomic mass is 10.00. The molecule has 3 heteroatoms. The summed E-state index contributed by atoms with van der Waals surface area (Å²) in [6.45, 7) is 2.79. The van der Waals surface area contributed by atoms with Gasteiger partial charge in [0, 0.05) is 22.9 Å². The van der Waals surface area contributed by atoms with Crippen LogP contribution in [0.4, 0.5) is 0 Å². The van der Waals surface area contributed by atoms with E-state index in [2.05, 4.69) is 28.1 Å². The number of hydrogen-bond acceptors (Lipinski definition) is 2. The molecule has 3 rings (SSSR count). The number of ketones is 1. The van der Waals surface area contributed by atoms with Crippen LogP contribution in [0.2, 0.25) is 0 Å². The lowest BCUT2D eigenvalue weighted by molar-refractivity contribution is 0.0982. The molecule has 0 amide bonds. The highest BCUT2D eigenvalue weighted by molar-refractivity contribution is 9.10. The van der Waals surface area contributed by atoms with E-state index in [1.54, 1.807) is 0 Å². The third-order valence-corrected chi connectivity index (χ3v) is 4.48. The molecule has 0 spiro atoms. The maximum atomic E-state index is 12.3. The molecule has 0 aromatic heterocycles. The van der Waals surface area contributed by atoms with Crippen LogP contribution in [0.25, 0.3) is 0 Å². The number of carbonyl (C=O) groups is 1. The van der Waals surface area contributed by atoms with Gasteiger partial charge in [-0.15, -0.1) is 0 Å². The summed E-state index contributed by atoms with van der Waals surface area (Å²) in [5, 5.41) is 0. The van der Waals surface area contributed by atoms with E-state index >= 15 is 0 Å². The summed E-state index contributed by atoms with van der Waals surface area (Å²) in [4.78, 5) is 12.3. The first kappa shape index (κ1) is 14.3. The summed E-state index contributed by atoms with van der Waals surface area (Å²) in [5.41, 5.74) is 4.38. The molecular weight excluding hydrogens is 328 g/mol. The molecule has 0 bridgehead atoms. The largest absolute Gasteiger partial charge is 0.493 e. The minimum absolute atomic E-state index is 0.179. The number of benzene rings is 2. The molecule has 1 aliphatic heterocycles. The summed E-state index contributed by atoms with van der Waals surface area (Å²) in [5.74, 6) is 1.17. The van der Waals surface area contributed by atoms with Crippen LogP contribution in [0, 0.1) is 6.92 Å². The number of hydrogen-bond donors (Lipinski definition) is 0. The number of aryl methyl sites for hydroxylation is 2. The normalized spacial score (nSPS) is 12.9. The van der Waals surface area contributed by atoms with Gasteiger partial charge in [0.1, 0.15) is 5.75 Å². The molecule has 0 atom stereocenters. The van der Waals surface area contributed by atoms with Crippen LogP contribution in [0.15, 0.2) is 40.9 Å². The Bertz CT molecular complexity index is 692. The van der Waals surface area contributed by atoms with Crippen molar-refractivity contribution in [3.8, 4) is 5.75 Å². The van der Waals surface area contributed by atoms with E-state index in [4.69, 9.17) is 4.74 Å². The van der Waals surface area contributed by atoms with Gasteiger partial charge in [-0.05, 0) is 42.2 Å². The van der Waals surface area contributed by atoms with Crippen LogP contribution in [0.5, 0.6) is 5.75 Å². The minimum Gasteiger partial charge on any atom is -0.493 e. The Hall–Kier alpha value is -1.61. The monoisotopic (exact) mass is 344 g/mol. The Morgan fingerprint density at radius 1 is 1.24 bits per heavy atom. The molecule has 1 heterocycles. The van der Waals surface area contributed by atoms with E-state index in [1.165, 1.54) is 11.1 Å². The second-order valence-electron chi connectivity index (χ2n) is 5.45. The first-order valence-electron chi connectivity index (χ1n) is 7.17. The average molecular weight is 345 g/mol. The van der Waals surface area contributed by atoms with Gasteiger partial charge in [-0.25, -0.2) is 0 Å². The highest BCUT2D eigenvalue weighted by atomic mass is 79.9. The maximum absolute atomic E-state index is 12.3.